The molecule has 0 saturated carbocycles. The van der Waals surface area contributed by atoms with Gasteiger partial charge in [0.05, 0.1) is 0 Å². The third-order valence-corrected chi connectivity index (χ3v) is 6.09. The number of amides is 1. The summed E-state index contributed by atoms with van der Waals surface area (Å²) < 4.78 is 5.60. The Morgan fingerprint density at radius 3 is 2.54 bits per heavy atom. The van der Waals surface area contributed by atoms with Crippen LogP contribution in [0.4, 0.5) is 5.95 Å². The van der Waals surface area contributed by atoms with Gasteiger partial charge in [-0.2, -0.15) is 0 Å². The first-order valence-corrected chi connectivity index (χ1v) is 9.79. The number of carbonyl (C=O) groups excluding carboxylic acids is 1. The van der Waals surface area contributed by atoms with E-state index in [1.54, 1.807) is 18.5 Å². The molecular weight excluding hydrogens is 356 g/mol. The van der Waals surface area contributed by atoms with E-state index < -0.39 is 0 Å². The van der Waals surface area contributed by atoms with Crippen LogP contribution in [-0.4, -0.2) is 65.3 Å². The monoisotopic (exact) mass is 382 g/mol. The minimum Gasteiger partial charge on any atom is -0.484 e. The fourth-order valence-corrected chi connectivity index (χ4v) is 4.41. The number of anilines is 1. The van der Waals surface area contributed by atoms with E-state index in [9.17, 15) is 9.90 Å². The Morgan fingerprint density at radius 2 is 1.86 bits per heavy atom. The van der Waals surface area contributed by atoms with E-state index in [4.69, 9.17) is 4.74 Å². The van der Waals surface area contributed by atoms with Crippen molar-refractivity contribution >= 4 is 11.9 Å². The van der Waals surface area contributed by atoms with Crippen LogP contribution in [-0.2, 0) is 4.79 Å². The average Bonchev–Trinajstić information content (AvgIpc) is 3.12. The number of likely N-dealkylation sites (tertiary alicyclic amines) is 1. The molecule has 1 atom stereocenters. The molecule has 2 fully saturated rings. The lowest BCUT2D eigenvalue weighted by Gasteiger charge is -2.42. The molecule has 7 heteroatoms. The van der Waals surface area contributed by atoms with E-state index in [1.165, 1.54) is 0 Å². The molecule has 0 aliphatic carbocycles. The highest BCUT2D eigenvalue weighted by Crippen LogP contribution is 2.45. The molecule has 28 heavy (non-hydrogen) atoms. The van der Waals surface area contributed by atoms with E-state index >= 15 is 0 Å². The third-order valence-electron chi connectivity index (χ3n) is 6.09. The molecule has 2 aliphatic rings. The fourth-order valence-electron chi connectivity index (χ4n) is 4.41. The van der Waals surface area contributed by atoms with Crippen molar-refractivity contribution in [2.24, 2.45) is 11.3 Å². The molecule has 2 saturated heterocycles. The van der Waals surface area contributed by atoms with Crippen molar-refractivity contribution in [3.8, 4) is 5.75 Å². The summed E-state index contributed by atoms with van der Waals surface area (Å²) in [6.45, 7) is 3.17. The molecule has 1 N–H and O–H groups in total. The molecule has 7 nitrogen and oxygen atoms in total. The highest BCUT2D eigenvalue weighted by atomic mass is 16.5. The predicted molar refractivity (Wildman–Crippen MR) is 105 cm³/mol. The number of piperidine rings is 1. The molecule has 1 spiro atoms. The second-order valence-electron chi connectivity index (χ2n) is 7.65. The van der Waals surface area contributed by atoms with E-state index in [0.29, 0.717) is 24.8 Å². The van der Waals surface area contributed by atoms with Crippen molar-refractivity contribution in [1.29, 1.82) is 0 Å². The SMILES string of the molecule is O=C(COc1ccccc1)N1CCC2(CC1)CN(c1ncccn1)CC2CO. The summed E-state index contributed by atoms with van der Waals surface area (Å²) in [5, 5.41) is 9.97. The minimum absolute atomic E-state index is 0.00498. The van der Waals surface area contributed by atoms with Gasteiger partial charge in [-0.3, -0.25) is 4.79 Å². The van der Waals surface area contributed by atoms with Gasteiger partial charge in [-0.05, 0) is 36.5 Å². The third kappa shape index (κ3) is 3.80. The molecule has 1 aromatic heterocycles. The zero-order valence-corrected chi connectivity index (χ0v) is 15.9. The van der Waals surface area contributed by atoms with Gasteiger partial charge in [0.15, 0.2) is 6.61 Å². The Hall–Kier alpha value is -2.67. The summed E-state index contributed by atoms with van der Waals surface area (Å²) in [6.07, 6.45) is 5.24. The molecule has 148 valence electrons. The van der Waals surface area contributed by atoms with Crippen LogP contribution in [0.5, 0.6) is 5.75 Å². The largest absolute Gasteiger partial charge is 0.484 e. The van der Waals surface area contributed by atoms with Crippen LogP contribution in [0.15, 0.2) is 48.8 Å². The van der Waals surface area contributed by atoms with Crippen LogP contribution in [0, 0.1) is 11.3 Å². The standard InChI is InChI=1S/C21H26N4O3/c26-14-17-13-25(20-22-9-4-10-23-20)16-21(17)7-11-24(12-8-21)19(27)15-28-18-5-2-1-3-6-18/h1-6,9-10,17,26H,7-8,11-16H2. The van der Waals surface area contributed by atoms with Gasteiger partial charge in [0.1, 0.15) is 5.75 Å². The molecular formula is C21H26N4O3. The van der Waals surface area contributed by atoms with Gasteiger partial charge in [-0.15, -0.1) is 0 Å². The number of aromatic nitrogens is 2. The summed E-state index contributed by atoms with van der Waals surface area (Å²) >= 11 is 0. The van der Waals surface area contributed by atoms with E-state index in [-0.39, 0.29) is 30.5 Å². The number of aliphatic hydroxyl groups excluding tert-OH is 1. The number of para-hydroxylation sites is 1. The van der Waals surface area contributed by atoms with Crippen LogP contribution in [0.1, 0.15) is 12.8 Å². The molecule has 1 aromatic carbocycles. The molecule has 2 aliphatic heterocycles. The molecule has 4 rings (SSSR count). The van der Waals surface area contributed by atoms with Crippen LogP contribution in [0.3, 0.4) is 0 Å². The van der Waals surface area contributed by atoms with E-state index in [1.807, 2.05) is 35.2 Å². The number of nitrogens with zero attached hydrogens (tertiary/aromatic N) is 4. The summed E-state index contributed by atoms with van der Waals surface area (Å²) in [4.78, 5) is 25.3. The summed E-state index contributed by atoms with van der Waals surface area (Å²) in [5.41, 5.74) is 0.00498. The molecule has 3 heterocycles. The number of benzene rings is 1. The van der Waals surface area contributed by atoms with Gasteiger partial charge >= 0.3 is 0 Å². The maximum Gasteiger partial charge on any atom is 0.260 e. The first kappa shape index (κ1) is 18.7. The van der Waals surface area contributed by atoms with Crippen molar-refractivity contribution in [3.05, 3.63) is 48.8 Å². The zero-order chi connectivity index (χ0) is 19.4. The average molecular weight is 382 g/mol. The number of hydrogen-bond donors (Lipinski definition) is 1. The van der Waals surface area contributed by atoms with Crippen molar-refractivity contribution in [2.45, 2.75) is 12.8 Å². The number of carbonyl (C=O) groups is 1. The maximum atomic E-state index is 12.5. The number of rotatable bonds is 5. The quantitative estimate of drug-likeness (QED) is 0.846. The molecule has 1 amide bonds. The maximum absolute atomic E-state index is 12.5. The Bertz CT molecular complexity index is 779. The van der Waals surface area contributed by atoms with Gasteiger partial charge in [0.2, 0.25) is 5.95 Å². The van der Waals surface area contributed by atoms with E-state index in [2.05, 4.69) is 14.9 Å². The van der Waals surface area contributed by atoms with E-state index in [0.717, 1.165) is 25.9 Å². The second kappa shape index (κ2) is 8.14. The summed E-state index contributed by atoms with van der Waals surface area (Å²) in [6, 6.07) is 11.2. The molecule has 1 unspecified atom stereocenters. The lowest BCUT2D eigenvalue weighted by atomic mass is 9.71. The lowest BCUT2D eigenvalue weighted by molar-refractivity contribution is -0.136. The van der Waals surface area contributed by atoms with Crippen LogP contribution in [0.2, 0.25) is 0 Å². The summed E-state index contributed by atoms with van der Waals surface area (Å²) in [7, 11) is 0. The zero-order valence-electron chi connectivity index (χ0n) is 15.9. The number of hydrogen-bond acceptors (Lipinski definition) is 6. The number of ether oxygens (including phenoxy) is 1. The Balaban J connectivity index is 1.35. The van der Waals surface area contributed by atoms with Crippen molar-refractivity contribution in [2.75, 3.05) is 44.3 Å². The molecule has 0 radical (unpaired) electrons. The lowest BCUT2D eigenvalue weighted by Crippen LogP contribution is -2.48. The van der Waals surface area contributed by atoms with Crippen molar-refractivity contribution in [3.63, 3.8) is 0 Å². The van der Waals surface area contributed by atoms with Gasteiger partial charge < -0.3 is 19.6 Å². The van der Waals surface area contributed by atoms with Crippen molar-refractivity contribution < 1.29 is 14.6 Å². The highest BCUT2D eigenvalue weighted by Gasteiger charge is 2.48. The fraction of sp³-hybridized carbons (Fsp3) is 0.476. The Kier molecular flexibility index (Phi) is 5.43. The van der Waals surface area contributed by atoms with Crippen LogP contribution in [0.25, 0.3) is 0 Å². The van der Waals surface area contributed by atoms with Gasteiger partial charge in [0, 0.05) is 51.1 Å². The first-order valence-electron chi connectivity index (χ1n) is 9.79. The highest BCUT2D eigenvalue weighted by molar-refractivity contribution is 5.77. The smallest absolute Gasteiger partial charge is 0.260 e. The van der Waals surface area contributed by atoms with Crippen molar-refractivity contribution in [1.82, 2.24) is 14.9 Å². The Labute approximate surface area is 165 Å². The van der Waals surface area contributed by atoms with Crippen LogP contribution >= 0.6 is 0 Å². The van der Waals surface area contributed by atoms with Crippen LogP contribution < -0.4 is 9.64 Å². The van der Waals surface area contributed by atoms with Gasteiger partial charge in [-0.1, -0.05) is 18.2 Å². The second-order valence-corrected chi connectivity index (χ2v) is 7.65. The number of aliphatic hydroxyl groups is 1. The topological polar surface area (TPSA) is 78.8 Å². The predicted octanol–water partition coefficient (Wildman–Crippen LogP) is 1.59. The molecule has 2 aromatic rings. The van der Waals surface area contributed by atoms with Gasteiger partial charge in [0.25, 0.3) is 5.91 Å². The normalized spacial score (nSPS) is 21.1. The first-order chi connectivity index (χ1) is 13.7. The minimum atomic E-state index is 0.00498. The van der Waals surface area contributed by atoms with Gasteiger partial charge in [-0.25, -0.2) is 9.97 Å². The summed E-state index contributed by atoms with van der Waals surface area (Å²) in [5.74, 6) is 1.61. The Morgan fingerprint density at radius 1 is 1.14 bits per heavy atom. The molecule has 0 bridgehead atoms.